The summed E-state index contributed by atoms with van der Waals surface area (Å²) in [5, 5.41) is 3.05. The van der Waals surface area contributed by atoms with E-state index in [4.69, 9.17) is 5.73 Å². The largest absolute Gasteiger partial charge is 0.352 e. The summed E-state index contributed by atoms with van der Waals surface area (Å²) in [6.07, 6.45) is 6.06. The number of rotatable bonds is 4. The summed E-state index contributed by atoms with van der Waals surface area (Å²) in [5.74, 6) is -0.204. The van der Waals surface area contributed by atoms with E-state index in [2.05, 4.69) is 17.5 Å². The molecule has 0 radical (unpaired) electrons. The highest BCUT2D eigenvalue weighted by molar-refractivity contribution is 5.84. The van der Waals surface area contributed by atoms with Crippen molar-refractivity contribution in [2.45, 2.75) is 24.8 Å². The fourth-order valence-electron chi connectivity index (χ4n) is 2.12. The van der Waals surface area contributed by atoms with Crippen molar-refractivity contribution in [1.29, 1.82) is 0 Å². The molecule has 90 valence electrons. The third kappa shape index (κ3) is 2.94. The van der Waals surface area contributed by atoms with Gasteiger partial charge >= 0.3 is 0 Å². The predicted octanol–water partition coefficient (Wildman–Crippen LogP) is 1.56. The highest BCUT2D eigenvalue weighted by atomic mass is 16.1. The van der Waals surface area contributed by atoms with Crippen LogP contribution in [-0.2, 0) is 4.79 Å². The van der Waals surface area contributed by atoms with Gasteiger partial charge in [-0.05, 0) is 18.4 Å². The van der Waals surface area contributed by atoms with Crippen LogP contribution < -0.4 is 11.1 Å². The van der Waals surface area contributed by atoms with Gasteiger partial charge in [-0.15, -0.1) is 0 Å². The Labute approximate surface area is 102 Å². The Morgan fingerprint density at radius 3 is 2.53 bits per heavy atom. The lowest BCUT2D eigenvalue weighted by Crippen LogP contribution is -2.39. The molecule has 0 aliphatic heterocycles. The molecular weight excluding hydrogens is 212 g/mol. The summed E-state index contributed by atoms with van der Waals surface area (Å²) < 4.78 is 0. The van der Waals surface area contributed by atoms with Crippen molar-refractivity contribution >= 4 is 5.91 Å². The average molecular weight is 230 g/mol. The molecule has 17 heavy (non-hydrogen) atoms. The number of nitrogens with two attached hydrogens (primary N) is 1. The van der Waals surface area contributed by atoms with Crippen LogP contribution in [0.2, 0.25) is 0 Å². The molecule has 0 bridgehead atoms. The molecule has 0 heterocycles. The Morgan fingerprint density at radius 2 is 1.94 bits per heavy atom. The van der Waals surface area contributed by atoms with Gasteiger partial charge in [0.05, 0.1) is 5.92 Å². The van der Waals surface area contributed by atoms with Crippen LogP contribution >= 0.6 is 0 Å². The number of benzene rings is 1. The molecule has 3 heteroatoms. The quantitative estimate of drug-likeness (QED) is 0.771. The summed E-state index contributed by atoms with van der Waals surface area (Å²) in [6.45, 7) is 0.343. The van der Waals surface area contributed by atoms with Crippen molar-refractivity contribution in [2.75, 3.05) is 6.54 Å². The molecule has 3 N–H and O–H groups in total. The van der Waals surface area contributed by atoms with Crippen LogP contribution in [0.1, 0.15) is 24.3 Å². The Hall–Kier alpha value is -1.61. The van der Waals surface area contributed by atoms with E-state index in [1.807, 2.05) is 30.3 Å². The van der Waals surface area contributed by atoms with Crippen LogP contribution in [0.4, 0.5) is 0 Å². The molecule has 0 aromatic heterocycles. The second-order valence-corrected chi connectivity index (χ2v) is 4.35. The molecular formula is C14H18N2O. The Balaban J connectivity index is 2.00. The second-order valence-electron chi connectivity index (χ2n) is 4.35. The lowest BCUT2D eigenvalue weighted by atomic mass is 9.98. The number of carbonyl (C=O) groups excluding carboxylic acids is 1. The monoisotopic (exact) mass is 230 g/mol. The van der Waals surface area contributed by atoms with Crippen molar-refractivity contribution < 1.29 is 4.79 Å². The SMILES string of the molecule is NCC(C(=O)NC1CC=CC1)c1ccccc1. The number of hydrogen-bond acceptors (Lipinski definition) is 2. The van der Waals surface area contributed by atoms with Crippen molar-refractivity contribution in [2.24, 2.45) is 5.73 Å². The molecule has 1 unspecified atom stereocenters. The van der Waals surface area contributed by atoms with Crippen LogP contribution in [0.5, 0.6) is 0 Å². The molecule has 0 saturated heterocycles. The van der Waals surface area contributed by atoms with E-state index in [1.54, 1.807) is 0 Å². The van der Waals surface area contributed by atoms with Gasteiger partial charge in [-0.25, -0.2) is 0 Å². The van der Waals surface area contributed by atoms with Gasteiger partial charge in [0.15, 0.2) is 0 Å². The fourth-order valence-corrected chi connectivity index (χ4v) is 2.12. The first-order valence-corrected chi connectivity index (χ1v) is 6.01. The van der Waals surface area contributed by atoms with Gasteiger partial charge in [0.1, 0.15) is 0 Å². The smallest absolute Gasteiger partial charge is 0.229 e. The molecule has 1 atom stereocenters. The van der Waals surface area contributed by atoms with Crippen LogP contribution in [0, 0.1) is 0 Å². The first kappa shape index (κ1) is 11.9. The van der Waals surface area contributed by atoms with E-state index in [-0.39, 0.29) is 17.9 Å². The van der Waals surface area contributed by atoms with Crippen molar-refractivity contribution in [1.82, 2.24) is 5.32 Å². The van der Waals surface area contributed by atoms with Gasteiger partial charge in [-0.1, -0.05) is 42.5 Å². The van der Waals surface area contributed by atoms with Gasteiger partial charge < -0.3 is 11.1 Å². The molecule has 0 spiro atoms. The zero-order valence-corrected chi connectivity index (χ0v) is 9.80. The Morgan fingerprint density at radius 1 is 1.29 bits per heavy atom. The van der Waals surface area contributed by atoms with Crippen molar-refractivity contribution in [3.63, 3.8) is 0 Å². The molecule has 0 fully saturated rings. The maximum absolute atomic E-state index is 12.1. The van der Waals surface area contributed by atoms with E-state index >= 15 is 0 Å². The van der Waals surface area contributed by atoms with Gasteiger partial charge in [-0.2, -0.15) is 0 Å². The average Bonchev–Trinajstić information content (AvgIpc) is 2.84. The number of carbonyl (C=O) groups is 1. The first-order valence-electron chi connectivity index (χ1n) is 6.01. The summed E-state index contributed by atoms with van der Waals surface area (Å²) in [7, 11) is 0. The van der Waals surface area contributed by atoms with Crippen molar-refractivity contribution in [3.05, 3.63) is 48.0 Å². The molecule has 0 saturated carbocycles. The van der Waals surface area contributed by atoms with Crippen LogP contribution in [0.25, 0.3) is 0 Å². The first-order chi connectivity index (χ1) is 8.31. The van der Waals surface area contributed by atoms with Crippen molar-refractivity contribution in [3.8, 4) is 0 Å². The van der Waals surface area contributed by atoms with Crippen LogP contribution in [-0.4, -0.2) is 18.5 Å². The van der Waals surface area contributed by atoms with Gasteiger partial charge in [0.25, 0.3) is 0 Å². The zero-order valence-electron chi connectivity index (χ0n) is 9.80. The van der Waals surface area contributed by atoms with Crippen LogP contribution in [0.15, 0.2) is 42.5 Å². The molecule has 1 aromatic carbocycles. The topological polar surface area (TPSA) is 55.1 Å². The zero-order chi connectivity index (χ0) is 12.1. The van der Waals surface area contributed by atoms with E-state index in [0.717, 1.165) is 18.4 Å². The maximum Gasteiger partial charge on any atom is 0.229 e. The minimum Gasteiger partial charge on any atom is -0.352 e. The molecule has 1 aliphatic carbocycles. The normalized spacial score (nSPS) is 17.0. The lowest BCUT2D eigenvalue weighted by Gasteiger charge is -2.18. The molecule has 1 aromatic rings. The molecule has 2 rings (SSSR count). The van der Waals surface area contributed by atoms with E-state index in [0.29, 0.717) is 6.54 Å². The van der Waals surface area contributed by atoms with Crippen LogP contribution in [0.3, 0.4) is 0 Å². The Bertz CT molecular complexity index is 392. The van der Waals surface area contributed by atoms with Gasteiger partial charge in [0.2, 0.25) is 5.91 Å². The predicted molar refractivity (Wildman–Crippen MR) is 68.5 cm³/mol. The summed E-state index contributed by atoms with van der Waals surface area (Å²) in [4.78, 5) is 12.1. The molecule has 1 amide bonds. The minimum absolute atomic E-state index is 0.0346. The summed E-state index contributed by atoms with van der Waals surface area (Å²) >= 11 is 0. The fraction of sp³-hybridized carbons (Fsp3) is 0.357. The third-order valence-electron chi connectivity index (χ3n) is 3.11. The summed E-state index contributed by atoms with van der Waals surface area (Å²) in [5.41, 5.74) is 6.69. The molecule has 1 aliphatic rings. The number of hydrogen-bond donors (Lipinski definition) is 2. The van der Waals surface area contributed by atoms with E-state index < -0.39 is 0 Å². The van der Waals surface area contributed by atoms with Gasteiger partial charge in [0, 0.05) is 12.6 Å². The second kappa shape index (κ2) is 5.64. The van der Waals surface area contributed by atoms with E-state index in [9.17, 15) is 4.79 Å². The highest BCUT2D eigenvalue weighted by Gasteiger charge is 2.21. The Kier molecular flexibility index (Phi) is 3.94. The highest BCUT2D eigenvalue weighted by Crippen LogP contribution is 2.16. The number of nitrogens with one attached hydrogen (secondary N) is 1. The lowest BCUT2D eigenvalue weighted by molar-refractivity contribution is -0.123. The maximum atomic E-state index is 12.1. The van der Waals surface area contributed by atoms with Gasteiger partial charge in [-0.3, -0.25) is 4.79 Å². The van der Waals surface area contributed by atoms with E-state index in [1.165, 1.54) is 0 Å². The standard InChI is InChI=1S/C14H18N2O/c15-10-13(11-6-2-1-3-7-11)14(17)16-12-8-4-5-9-12/h1-7,12-13H,8-10,15H2,(H,16,17). The minimum atomic E-state index is -0.239. The summed E-state index contributed by atoms with van der Waals surface area (Å²) in [6, 6.07) is 9.95. The molecule has 3 nitrogen and oxygen atoms in total. The number of amides is 1. The third-order valence-corrected chi connectivity index (χ3v) is 3.11.